The molecule has 0 aliphatic carbocycles. The van der Waals surface area contributed by atoms with Crippen molar-refractivity contribution < 1.29 is 28.7 Å². The lowest BCUT2D eigenvalue weighted by Crippen LogP contribution is -2.51. The second-order valence-electron chi connectivity index (χ2n) is 21.1. The average molecular weight is 993 g/mol. The molecule has 5 heterocycles. The summed E-state index contributed by atoms with van der Waals surface area (Å²) in [5, 5.41) is 5.49. The maximum absolute atomic E-state index is 13.9. The van der Waals surface area contributed by atoms with Gasteiger partial charge in [-0.2, -0.15) is 0 Å². The van der Waals surface area contributed by atoms with Gasteiger partial charge in [0.2, 0.25) is 11.8 Å². The van der Waals surface area contributed by atoms with Gasteiger partial charge < -0.3 is 44.8 Å². The molecule has 4 atom stereocenters. The average Bonchev–Trinajstić information content (AvgIpc) is 4.23. The number of alkyl carbamates (subject to hydrolysis) is 2. The molecule has 3 saturated heterocycles. The number of hydrogen-bond donors (Lipinski definition) is 4. The number of piperazine rings is 1. The lowest BCUT2D eigenvalue weighted by Gasteiger charge is -2.38. The van der Waals surface area contributed by atoms with Crippen LogP contribution in [0.5, 0.6) is 0 Å². The summed E-state index contributed by atoms with van der Waals surface area (Å²) in [5.41, 5.74) is 11.7. The van der Waals surface area contributed by atoms with Crippen molar-refractivity contribution in [3.05, 3.63) is 113 Å². The van der Waals surface area contributed by atoms with Crippen molar-refractivity contribution in [2.24, 2.45) is 11.8 Å². The van der Waals surface area contributed by atoms with Crippen LogP contribution in [0.15, 0.2) is 78.9 Å². The molecule has 0 bridgehead atoms. The second kappa shape index (κ2) is 22.0. The maximum atomic E-state index is 13.9. The molecule has 1 unspecified atom stereocenters. The van der Waals surface area contributed by atoms with Crippen LogP contribution in [0.25, 0.3) is 33.2 Å². The Labute approximate surface area is 428 Å². The van der Waals surface area contributed by atoms with Crippen LogP contribution in [0.1, 0.15) is 113 Å². The minimum absolute atomic E-state index is 0.120. The van der Waals surface area contributed by atoms with Crippen LogP contribution >= 0.6 is 0 Å². The molecule has 3 aliphatic heterocycles. The van der Waals surface area contributed by atoms with Gasteiger partial charge in [-0.1, -0.05) is 70.2 Å². The van der Waals surface area contributed by atoms with E-state index in [1.807, 2.05) is 37.5 Å². The van der Waals surface area contributed by atoms with E-state index < -0.39 is 24.3 Å². The molecule has 4 amide bonds. The lowest BCUT2D eigenvalue weighted by molar-refractivity contribution is -0.136. The Morgan fingerprint density at radius 1 is 0.575 bits per heavy atom. The van der Waals surface area contributed by atoms with E-state index in [-0.39, 0.29) is 35.7 Å². The molecule has 16 heteroatoms. The Morgan fingerprint density at radius 2 is 1.04 bits per heavy atom. The predicted octanol–water partition coefficient (Wildman–Crippen LogP) is 8.91. The minimum atomic E-state index is -0.705. The molecular weight excluding hydrogens is 921 g/mol. The molecule has 9 rings (SSSR count). The van der Waals surface area contributed by atoms with Crippen LogP contribution in [0.4, 0.5) is 15.3 Å². The van der Waals surface area contributed by atoms with E-state index in [0.29, 0.717) is 32.0 Å². The van der Waals surface area contributed by atoms with Gasteiger partial charge in [-0.3, -0.25) is 14.5 Å². The highest BCUT2D eigenvalue weighted by Gasteiger charge is 2.39. The smallest absolute Gasteiger partial charge is 0.407 e. The number of fused-ring (bicyclic) bond motifs is 2. The molecule has 0 spiro atoms. The zero-order chi connectivity index (χ0) is 51.5. The zero-order valence-corrected chi connectivity index (χ0v) is 43.7. The van der Waals surface area contributed by atoms with Gasteiger partial charge in [0.1, 0.15) is 23.7 Å². The van der Waals surface area contributed by atoms with Gasteiger partial charge in [-0.05, 0) is 134 Å². The maximum Gasteiger partial charge on any atom is 0.407 e. The summed E-state index contributed by atoms with van der Waals surface area (Å²) in [6.45, 7) is 17.5. The van der Waals surface area contributed by atoms with Crippen LogP contribution in [0, 0.1) is 11.8 Å². The standard InChI is InChI=1S/C57H72N10O6/c1-34(2)50(62-56(70)72-7)54(68)66-21-9-11-48(66)52-58-44-19-13-37(32-46(44)60-52)27-39-29-40(31-42(30-39)41-15-17-43(18-16-41)65-25-23-64(24-26-65)36(5)6)28-38-14-20-45-47(33-38)61-53(59-45)49-12-10-22-67(49)55(69)51(35(3)4)63-57(71)73-8/h13-20,29-36,48-51H,9-12,21-28H2,1-8H3,(H,58,60)(H,59,61)(H,62,70)(H,63,71)/t48-,49-,50-,51?/m0/s1. The number of likely N-dealkylation sites (tertiary alicyclic amines) is 2. The number of amides is 4. The number of nitrogens with zero attached hydrogens (tertiary/aromatic N) is 6. The number of methoxy groups -OCH3 is 2. The first-order chi connectivity index (χ1) is 35.2. The molecule has 386 valence electrons. The number of carbonyl (C=O) groups is 4. The van der Waals surface area contributed by atoms with Gasteiger partial charge in [0.15, 0.2) is 0 Å². The van der Waals surface area contributed by atoms with E-state index in [9.17, 15) is 19.2 Å². The fraction of sp³-hybridized carbons (Fsp3) is 0.474. The lowest BCUT2D eigenvalue weighted by atomic mass is 9.93. The first-order valence-electron chi connectivity index (χ1n) is 26.2. The number of ether oxygens (including phenoxy) is 2. The fourth-order valence-electron chi connectivity index (χ4n) is 11.0. The number of benzene rings is 4. The van der Waals surface area contributed by atoms with Crippen molar-refractivity contribution in [2.75, 3.05) is 58.4 Å². The van der Waals surface area contributed by atoms with Gasteiger partial charge in [0, 0.05) is 51.0 Å². The summed E-state index contributed by atoms with van der Waals surface area (Å²) in [6.07, 6.45) is 3.38. The largest absolute Gasteiger partial charge is 0.453 e. The van der Waals surface area contributed by atoms with E-state index in [2.05, 4.69) is 123 Å². The van der Waals surface area contributed by atoms with E-state index in [0.717, 1.165) is 108 Å². The Morgan fingerprint density at radius 3 is 1.47 bits per heavy atom. The first-order valence-corrected chi connectivity index (χ1v) is 26.2. The Hall–Kier alpha value is -6.94. The van der Waals surface area contributed by atoms with Gasteiger partial charge in [-0.15, -0.1) is 0 Å². The topological polar surface area (TPSA) is 181 Å². The third kappa shape index (κ3) is 11.3. The van der Waals surface area contributed by atoms with Crippen LogP contribution in [0.2, 0.25) is 0 Å². The van der Waals surface area contributed by atoms with Crippen LogP contribution in [-0.2, 0) is 31.9 Å². The van der Waals surface area contributed by atoms with Crippen molar-refractivity contribution in [2.45, 2.75) is 110 Å². The van der Waals surface area contributed by atoms with E-state index in [1.165, 1.54) is 31.0 Å². The van der Waals surface area contributed by atoms with Crippen molar-refractivity contribution in [3.8, 4) is 11.1 Å². The molecule has 0 saturated carbocycles. The third-order valence-electron chi connectivity index (χ3n) is 15.1. The number of carbonyl (C=O) groups excluding carboxylic acids is 4. The zero-order valence-electron chi connectivity index (χ0n) is 43.7. The number of aromatic nitrogens is 4. The van der Waals surface area contributed by atoms with Gasteiger partial charge in [0.25, 0.3) is 0 Å². The number of aromatic amines is 2. The summed E-state index contributed by atoms with van der Waals surface area (Å²) in [5.74, 6) is 0.983. The van der Waals surface area contributed by atoms with E-state index in [4.69, 9.17) is 19.4 Å². The fourth-order valence-corrected chi connectivity index (χ4v) is 11.0. The summed E-state index contributed by atoms with van der Waals surface area (Å²) in [6, 6.07) is 27.4. The molecule has 4 aromatic carbocycles. The third-order valence-corrected chi connectivity index (χ3v) is 15.1. The predicted molar refractivity (Wildman–Crippen MR) is 284 cm³/mol. The van der Waals surface area contributed by atoms with Crippen LogP contribution in [-0.4, -0.2) is 130 Å². The van der Waals surface area contributed by atoms with Gasteiger partial charge >= 0.3 is 12.2 Å². The normalized spacial score (nSPS) is 18.3. The Balaban J connectivity index is 0.978. The van der Waals surface area contributed by atoms with Crippen molar-refractivity contribution in [3.63, 3.8) is 0 Å². The van der Waals surface area contributed by atoms with Crippen LogP contribution < -0.4 is 15.5 Å². The number of rotatable bonds is 15. The second-order valence-corrected chi connectivity index (χ2v) is 21.1. The number of imidazole rings is 2. The molecule has 2 aromatic heterocycles. The van der Waals surface area contributed by atoms with Crippen molar-refractivity contribution in [1.29, 1.82) is 0 Å². The van der Waals surface area contributed by atoms with Crippen molar-refractivity contribution >= 4 is 51.8 Å². The Kier molecular flexibility index (Phi) is 15.4. The number of anilines is 1. The van der Waals surface area contributed by atoms with E-state index in [1.54, 1.807) is 0 Å². The number of nitrogens with one attached hydrogen (secondary N) is 4. The Bertz CT molecular complexity index is 2780. The summed E-state index contributed by atoms with van der Waals surface area (Å²) in [4.78, 5) is 78.0. The number of hydrogen-bond acceptors (Lipinski definition) is 10. The SMILES string of the molecule is COC(=O)NC(C(=O)N1CCC[C@H]1c1nc2ccc(Cc3cc(Cc4ccc5nc([C@@H]6CCCN6C(=O)[C@@H](NC(=O)OC)C(C)C)[nH]c5c4)cc(-c4ccc(N5CCN(C(C)C)CC5)cc4)c3)cc2[nH]1)C(C)C. The molecular formula is C57H72N10O6. The quantitative estimate of drug-likeness (QED) is 0.0776. The summed E-state index contributed by atoms with van der Waals surface area (Å²) in [7, 11) is 2.61. The number of H-pyrrole nitrogens is 2. The molecule has 6 aromatic rings. The van der Waals surface area contributed by atoms with Crippen molar-refractivity contribution in [1.82, 2.24) is 45.3 Å². The monoisotopic (exact) mass is 993 g/mol. The summed E-state index contributed by atoms with van der Waals surface area (Å²) >= 11 is 0. The molecule has 0 radical (unpaired) electrons. The highest BCUT2D eigenvalue weighted by molar-refractivity contribution is 5.88. The molecule has 4 N–H and O–H groups in total. The molecule has 3 fully saturated rings. The van der Waals surface area contributed by atoms with Gasteiger partial charge in [-0.25, -0.2) is 19.6 Å². The molecule has 16 nitrogen and oxygen atoms in total. The minimum Gasteiger partial charge on any atom is -0.453 e. The van der Waals surface area contributed by atoms with Crippen LogP contribution in [0.3, 0.4) is 0 Å². The summed E-state index contributed by atoms with van der Waals surface area (Å²) < 4.78 is 9.67. The van der Waals surface area contributed by atoms with E-state index >= 15 is 0 Å². The highest BCUT2D eigenvalue weighted by atomic mass is 16.5. The highest BCUT2D eigenvalue weighted by Crippen LogP contribution is 2.36. The molecule has 3 aliphatic rings. The first kappa shape index (κ1) is 51.0. The molecule has 73 heavy (non-hydrogen) atoms. The van der Waals surface area contributed by atoms with Gasteiger partial charge in [0.05, 0.1) is 48.4 Å².